The number of ketones is 1. The van der Waals surface area contributed by atoms with Gasteiger partial charge >= 0.3 is 0 Å². The van der Waals surface area contributed by atoms with E-state index in [4.69, 9.17) is 0 Å². The molecule has 0 saturated carbocycles. The highest BCUT2D eigenvalue weighted by Crippen LogP contribution is 2.13. The second kappa shape index (κ2) is 2.92. The topological polar surface area (TPSA) is 30.0 Å². The molecule has 0 aromatic carbocycles. The molecule has 0 aliphatic heterocycles. The minimum atomic E-state index is 0.0503. The lowest BCUT2D eigenvalue weighted by atomic mass is 10.2. The number of carbonyl (C=O) groups excluding carboxylic acids is 1. The average Bonchev–Trinajstić information content (AvgIpc) is 1.88. The van der Waals surface area contributed by atoms with Crippen molar-refractivity contribution in [2.45, 2.75) is 6.92 Å². The average molecular weight is 200 g/mol. The lowest BCUT2D eigenvalue weighted by Crippen LogP contribution is -1.92. The third-order valence-electron chi connectivity index (χ3n) is 1.15. The largest absolute Gasteiger partial charge is 0.294 e. The van der Waals surface area contributed by atoms with Crippen LogP contribution in [0.25, 0.3) is 0 Å². The second-order valence-electron chi connectivity index (χ2n) is 1.91. The molecule has 0 radical (unpaired) electrons. The normalized spacial score (nSPS) is 9.40. The quantitative estimate of drug-likeness (QED) is 0.649. The number of carbonyl (C=O) groups is 1. The standard InChI is InChI=1S/C7H6BrNO/c1-5(10)6-2-3-9-4-7(6)8/h2-4H,1H3. The van der Waals surface area contributed by atoms with E-state index in [0.717, 1.165) is 4.47 Å². The summed E-state index contributed by atoms with van der Waals surface area (Å²) in [5.41, 5.74) is 0.676. The Morgan fingerprint density at radius 2 is 2.40 bits per heavy atom. The van der Waals surface area contributed by atoms with Gasteiger partial charge in [0.05, 0.1) is 0 Å². The number of rotatable bonds is 1. The Balaban J connectivity index is 3.15. The monoisotopic (exact) mass is 199 g/mol. The van der Waals surface area contributed by atoms with Crippen LogP contribution in [0.4, 0.5) is 0 Å². The van der Waals surface area contributed by atoms with Crippen molar-refractivity contribution >= 4 is 21.7 Å². The van der Waals surface area contributed by atoms with Crippen LogP contribution < -0.4 is 0 Å². The summed E-state index contributed by atoms with van der Waals surface area (Å²) in [5, 5.41) is 0. The predicted octanol–water partition coefficient (Wildman–Crippen LogP) is 2.05. The van der Waals surface area contributed by atoms with Gasteiger partial charge in [0.15, 0.2) is 5.78 Å². The molecule has 0 N–H and O–H groups in total. The predicted molar refractivity (Wildman–Crippen MR) is 41.9 cm³/mol. The lowest BCUT2D eigenvalue weighted by molar-refractivity contribution is 0.101. The van der Waals surface area contributed by atoms with Crippen molar-refractivity contribution in [2.24, 2.45) is 0 Å². The van der Waals surface area contributed by atoms with E-state index in [0.29, 0.717) is 5.56 Å². The molecule has 0 atom stereocenters. The molecule has 0 aliphatic rings. The molecule has 0 amide bonds. The Kier molecular flexibility index (Phi) is 2.17. The van der Waals surface area contributed by atoms with Gasteiger partial charge in [-0.05, 0) is 28.9 Å². The fourth-order valence-electron chi connectivity index (χ4n) is 0.661. The smallest absolute Gasteiger partial charge is 0.161 e. The van der Waals surface area contributed by atoms with Gasteiger partial charge in [-0.3, -0.25) is 9.78 Å². The zero-order chi connectivity index (χ0) is 7.56. The highest BCUT2D eigenvalue weighted by atomic mass is 79.9. The number of hydrogen-bond acceptors (Lipinski definition) is 2. The van der Waals surface area contributed by atoms with Crippen molar-refractivity contribution in [1.29, 1.82) is 0 Å². The van der Waals surface area contributed by atoms with Crippen molar-refractivity contribution in [1.82, 2.24) is 4.98 Å². The molecule has 1 aromatic rings. The van der Waals surface area contributed by atoms with Crippen LogP contribution >= 0.6 is 15.9 Å². The third-order valence-corrected chi connectivity index (χ3v) is 1.78. The second-order valence-corrected chi connectivity index (χ2v) is 2.77. The summed E-state index contributed by atoms with van der Waals surface area (Å²) in [6, 6.07) is 1.69. The van der Waals surface area contributed by atoms with Gasteiger partial charge in [0, 0.05) is 22.4 Å². The molecule has 0 bridgehead atoms. The molecule has 0 fully saturated rings. The summed E-state index contributed by atoms with van der Waals surface area (Å²) in [4.78, 5) is 14.6. The fourth-order valence-corrected chi connectivity index (χ4v) is 1.19. The minimum absolute atomic E-state index is 0.0503. The SMILES string of the molecule is CC(=O)c1ccncc1Br. The summed E-state index contributed by atoms with van der Waals surface area (Å²) in [7, 11) is 0. The van der Waals surface area contributed by atoms with Gasteiger partial charge in [-0.25, -0.2) is 0 Å². The number of halogens is 1. The van der Waals surface area contributed by atoms with E-state index in [1.807, 2.05) is 0 Å². The molecule has 0 saturated heterocycles. The molecule has 1 heterocycles. The highest BCUT2D eigenvalue weighted by molar-refractivity contribution is 9.10. The maximum absolute atomic E-state index is 10.8. The first-order valence-electron chi connectivity index (χ1n) is 2.82. The Morgan fingerprint density at radius 3 is 2.80 bits per heavy atom. The van der Waals surface area contributed by atoms with Gasteiger partial charge in [-0.15, -0.1) is 0 Å². The van der Waals surface area contributed by atoms with Crippen LogP contribution in [0.2, 0.25) is 0 Å². The van der Waals surface area contributed by atoms with Crippen molar-refractivity contribution in [3.63, 3.8) is 0 Å². The van der Waals surface area contributed by atoms with Crippen molar-refractivity contribution in [2.75, 3.05) is 0 Å². The first-order chi connectivity index (χ1) is 4.72. The Labute approximate surface area is 67.4 Å². The number of aromatic nitrogens is 1. The van der Waals surface area contributed by atoms with Gasteiger partial charge in [-0.2, -0.15) is 0 Å². The fraction of sp³-hybridized carbons (Fsp3) is 0.143. The summed E-state index contributed by atoms with van der Waals surface area (Å²) in [5.74, 6) is 0.0503. The Hall–Kier alpha value is -0.700. The zero-order valence-electron chi connectivity index (χ0n) is 5.47. The molecule has 0 aliphatic carbocycles. The van der Waals surface area contributed by atoms with E-state index < -0.39 is 0 Å². The Morgan fingerprint density at radius 1 is 1.70 bits per heavy atom. The first-order valence-corrected chi connectivity index (χ1v) is 3.61. The third kappa shape index (κ3) is 1.42. The van der Waals surface area contributed by atoms with Gasteiger partial charge in [0.1, 0.15) is 0 Å². The molecule has 52 valence electrons. The maximum Gasteiger partial charge on any atom is 0.161 e. The number of nitrogens with zero attached hydrogens (tertiary/aromatic N) is 1. The molecule has 2 nitrogen and oxygen atoms in total. The van der Waals surface area contributed by atoms with Crippen molar-refractivity contribution < 1.29 is 4.79 Å². The van der Waals surface area contributed by atoms with Crippen LogP contribution in [-0.2, 0) is 0 Å². The summed E-state index contributed by atoms with van der Waals surface area (Å²) < 4.78 is 0.752. The molecule has 1 aromatic heterocycles. The molecular weight excluding hydrogens is 194 g/mol. The van der Waals surface area contributed by atoms with Gasteiger partial charge < -0.3 is 0 Å². The van der Waals surface area contributed by atoms with E-state index in [9.17, 15) is 4.79 Å². The first kappa shape index (κ1) is 7.41. The molecule has 10 heavy (non-hydrogen) atoms. The number of pyridine rings is 1. The highest BCUT2D eigenvalue weighted by Gasteiger charge is 2.01. The van der Waals surface area contributed by atoms with Gasteiger partial charge in [0.2, 0.25) is 0 Å². The van der Waals surface area contributed by atoms with E-state index >= 15 is 0 Å². The number of hydrogen-bond donors (Lipinski definition) is 0. The van der Waals surface area contributed by atoms with Gasteiger partial charge in [0.25, 0.3) is 0 Å². The van der Waals surface area contributed by atoms with Crippen LogP contribution in [0.5, 0.6) is 0 Å². The van der Waals surface area contributed by atoms with E-state index in [1.165, 1.54) is 6.92 Å². The van der Waals surface area contributed by atoms with E-state index in [-0.39, 0.29) is 5.78 Å². The molecule has 0 unspecified atom stereocenters. The molecular formula is C7H6BrNO. The molecule has 1 rings (SSSR count). The van der Waals surface area contributed by atoms with Crippen molar-refractivity contribution in [3.8, 4) is 0 Å². The van der Waals surface area contributed by atoms with Crippen LogP contribution in [0, 0.1) is 0 Å². The van der Waals surface area contributed by atoms with Crippen LogP contribution in [0.15, 0.2) is 22.9 Å². The zero-order valence-corrected chi connectivity index (χ0v) is 7.05. The van der Waals surface area contributed by atoms with Crippen LogP contribution in [-0.4, -0.2) is 10.8 Å². The van der Waals surface area contributed by atoms with E-state index in [2.05, 4.69) is 20.9 Å². The van der Waals surface area contributed by atoms with E-state index in [1.54, 1.807) is 18.5 Å². The summed E-state index contributed by atoms with van der Waals surface area (Å²) in [6.45, 7) is 1.53. The minimum Gasteiger partial charge on any atom is -0.294 e. The lowest BCUT2D eigenvalue weighted by Gasteiger charge is -1.95. The van der Waals surface area contributed by atoms with Crippen molar-refractivity contribution in [3.05, 3.63) is 28.5 Å². The van der Waals surface area contributed by atoms with Crippen LogP contribution in [0.1, 0.15) is 17.3 Å². The van der Waals surface area contributed by atoms with Gasteiger partial charge in [-0.1, -0.05) is 0 Å². The molecule has 3 heteroatoms. The molecule has 0 spiro atoms. The Bertz CT molecular complexity index is 260. The summed E-state index contributed by atoms with van der Waals surface area (Å²) in [6.07, 6.45) is 3.21. The van der Waals surface area contributed by atoms with Crippen LogP contribution in [0.3, 0.4) is 0 Å². The maximum atomic E-state index is 10.8. The number of Topliss-reactive ketones (excluding diaryl/α,β-unsaturated/α-hetero) is 1. The summed E-state index contributed by atoms with van der Waals surface area (Å²) >= 11 is 3.21.